The molecule has 1 amide bonds. The molecule has 0 spiro atoms. The number of anilines is 2. The lowest BCUT2D eigenvalue weighted by atomic mass is 10.2. The molecule has 0 aliphatic heterocycles. The monoisotopic (exact) mass is 478 g/mol. The van der Waals surface area contributed by atoms with Crippen LogP contribution in [-0.4, -0.2) is 21.4 Å². The Bertz CT molecular complexity index is 1120. The highest BCUT2D eigenvalue weighted by atomic mass is 79.9. The third-order valence-electron chi connectivity index (χ3n) is 4.29. The minimum Gasteiger partial charge on any atom is -0.321 e. The summed E-state index contributed by atoms with van der Waals surface area (Å²) < 4.78 is 28.3. The highest BCUT2D eigenvalue weighted by molar-refractivity contribution is 9.10. The molecule has 28 heavy (non-hydrogen) atoms. The second-order valence-corrected chi connectivity index (χ2v) is 10.0. The van der Waals surface area contributed by atoms with E-state index in [-0.39, 0.29) is 9.77 Å². The van der Waals surface area contributed by atoms with Crippen LogP contribution >= 0.6 is 27.3 Å². The molecule has 1 N–H and O–H groups in total. The minimum absolute atomic E-state index is 0.00749. The number of carbonyl (C=O) groups is 1. The van der Waals surface area contributed by atoms with Crippen LogP contribution < -0.4 is 9.62 Å². The quantitative estimate of drug-likeness (QED) is 0.547. The molecule has 0 radical (unpaired) electrons. The number of aryl methyl sites for hydroxylation is 2. The van der Waals surface area contributed by atoms with Crippen LogP contribution in [0.3, 0.4) is 0 Å². The average Bonchev–Trinajstić information content (AvgIpc) is 3.16. The molecule has 3 rings (SSSR count). The van der Waals surface area contributed by atoms with Crippen LogP contribution in [0, 0.1) is 13.8 Å². The zero-order valence-electron chi connectivity index (χ0n) is 15.6. The maximum Gasteiger partial charge on any atom is 0.267 e. The highest BCUT2D eigenvalue weighted by Crippen LogP contribution is 2.29. The van der Waals surface area contributed by atoms with Gasteiger partial charge in [0.1, 0.15) is 9.77 Å². The maximum absolute atomic E-state index is 13.1. The maximum atomic E-state index is 13.1. The zero-order valence-corrected chi connectivity index (χ0v) is 18.8. The summed E-state index contributed by atoms with van der Waals surface area (Å²) in [6.45, 7) is 3.85. The molecule has 0 bridgehead atoms. The molecule has 146 valence electrons. The molecule has 8 heteroatoms. The van der Waals surface area contributed by atoms with Crippen molar-refractivity contribution in [1.82, 2.24) is 0 Å². The topological polar surface area (TPSA) is 66.5 Å². The summed E-state index contributed by atoms with van der Waals surface area (Å²) in [5.74, 6) is -0.451. The fraction of sp³-hybridized carbons (Fsp3) is 0.150. The number of sulfonamides is 1. The van der Waals surface area contributed by atoms with Gasteiger partial charge >= 0.3 is 0 Å². The SMILES string of the molecule is Cc1ccc(N(C)S(=O)(=O)c2ccsc2C(=O)Nc2ccc(Br)c(C)c2)cc1. The minimum atomic E-state index is -3.87. The molecule has 0 saturated heterocycles. The van der Waals surface area contributed by atoms with E-state index in [1.54, 1.807) is 23.6 Å². The normalized spacial score (nSPS) is 11.3. The van der Waals surface area contributed by atoms with E-state index in [2.05, 4.69) is 21.2 Å². The van der Waals surface area contributed by atoms with E-state index in [0.29, 0.717) is 11.4 Å². The van der Waals surface area contributed by atoms with Crippen LogP contribution in [0.2, 0.25) is 0 Å². The second-order valence-electron chi connectivity index (χ2n) is 6.34. The van der Waals surface area contributed by atoms with Gasteiger partial charge in [0, 0.05) is 17.2 Å². The summed E-state index contributed by atoms with van der Waals surface area (Å²) in [6.07, 6.45) is 0. The summed E-state index contributed by atoms with van der Waals surface area (Å²) in [6, 6.07) is 14.1. The lowest BCUT2D eigenvalue weighted by molar-refractivity contribution is 0.102. The number of benzene rings is 2. The zero-order chi connectivity index (χ0) is 20.5. The molecule has 0 unspecified atom stereocenters. The number of rotatable bonds is 5. The van der Waals surface area contributed by atoms with Gasteiger partial charge in [-0.05, 0) is 61.2 Å². The van der Waals surface area contributed by atoms with Gasteiger partial charge in [-0.1, -0.05) is 33.6 Å². The Hall–Kier alpha value is -2.16. The summed E-state index contributed by atoms with van der Waals surface area (Å²) in [4.78, 5) is 12.9. The molecule has 0 fully saturated rings. The van der Waals surface area contributed by atoms with E-state index in [0.717, 1.165) is 26.9 Å². The predicted octanol–water partition coefficient (Wildman–Crippen LogP) is 5.20. The predicted molar refractivity (Wildman–Crippen MR) is 118 cm³/mol. The molecule has 1 heterocycles. The molecule has 1 aromatic heterocycles. The Kier molecular flexibility index (Phi) is 5.92. The largest absolute Gasteiger partial charge is 0.321 e. The highest BCUT2D eigenvalue weighted by Gasteiger charge is 2.28. The first-order valence-electron chi connectivity index (χ1n) is 8.41. The molecule has 5 nitrogen and oxygen atoms in total. The van der Waals surface area contributed by atoms with Crippen molar-refractivity contribution < 1.29 is 13.2 Å². The van der Waals surface area contributed by atoms with Crippen LogP contribution in [0.1, 0.15) is 20.8 Å². The van der Waals surface area contributed by atoms with Gasteiger partial charge in [-0.3, -0.25) is 9.10 Å². The Morgan fingerprint density at radius 2 is 1.75 bits per heavy atom. The van der Waals surface area contributed by atoms with Crippen molar-refractivity contribution in [1.29, 1.82) is 0 Å². The number of thiophene rings is 1. The van der Waals surface area contributed by atoms with E-state index in [1.807, 2.05) is 38.1 Å². The Morgan fingerprint density at radius 3 is 2.39 bits per heavy atom. The molecule has 3 aromatic rings. The van der Waals surface area contributed by atoms with Crippen molar-refractivity contribution in [3.8, 4) is 0 Å². The molecular weight excluding hydrogens is 460 g/mol. The molecular formula is C20H19BrN2O3S2. The van der Waals surface area contributed by atoms with Gasteiger partial charge in [0.15, 0.2) is 0 Å². The van der Waals surface area contributed by atoms with Gasteiger partial charge in [0.05, 0.1) is 5.69 Å². The third-order valence-corrected chi connectivity index (χ3v) is 8.05. The van der Waals surface area contributed by atoms with E-state index in [9.17, 15) is 13.2 Å². The van der Waals surface area contributed by atoms with E-state index >= 15 is 0 Å². The number of nitrogens with one attached hydrogen (secondary N) is 1. The van der Waals surface area contributed by atoms with Gasteiger partial charge in [-0.2, -0.15) is 0 Å². The average molecular weight is 479 g/mol. The fourth-order valence-corrected chi connectivity index (χ4v) is 5.35. The fourth-order valence-electron chi connectivity index (χ4n) is 2.62. The molecule has 2 aromatic carbocycles. The van der Waals surface area contributed by atoms with E-state index in [1.165, 1.54) is 17.4 Å². The summed E-state index contributed by atoms with van der Waals surface area (Å²) in [7, 11) is -2.39. The Labute approximate surface area is 177 Å². The second kappa shape index (κ2) is 8.06. The van der Waals surface area contributed by atoms with Crippen molar-refractivity contribution in [2.45, 2.75) is 18.7 Å². The molecule has 0 atom stereocenters. The van der Waals surface area contributed by atoms with Crippen molar-refractivity contribution in [3.05, 3.63) is 74.4 Å². The van der Waals surface area contributed by atoms with Gasteiger partial charge in [-0.25, -0.2) is 8.42 Å². The summed E-state index contributed by atoms with van der Waals surface area (Å²) >= 11 is 4.52. The number of halogens is 1. The molecule has 0 saturated carbocycles. The number of hydrogen-bond donors (Lipinski definition) is 1. The van der Waals surface area contributed by atoms with Crippen molar-refractivity contribution in [3.63, 3.8) is 0 Å². The number of amides is 1. The van der Waals surface area contributed by atoms with Crippen molar-refractivity contribution in [2.75, 3.05) is 16.7 Å². The smallest absolute Gasteiger partial charge is 0.267 e. The Morgan fingerprint density at radius 1 is 1.07 bits per heavy atom. The van der Waals surface area contributed by atoms with Crippen LogP contribution in [0.15, 0.2) is 63.3 Å². The first kappa shape index (κ1) is 20.6. The van der Waals surface area contributed by atoms with Crippen LogP contribution in [0.5, 0.6) is 0 Å². The van der Waals surface area contributed by atoms with Gasteiger partial charge in [-0.15, -0.1) is 11.3 Å². The first-order valence-corrected chi connectivity index (χ1v) is 11.5. The van der Waals surface area contributed by atoms with Crippen molar-refractivity contribution >= 4 is 54.6 Å². The summed E-state index contributed by atoms with van der Waals surface area (Å²) in [5, 5.41) is 4.39. The third kappa shape index (κ3) is 4.14. The van der Waals surface area contributed by atoms with Crippen LogP contribution in [0.4, 0.5) is 11.4 Å². The molecule has 0 aliphatic carbocycles. The van der Waals surface area contributed by atoms with Gasteiger partial charge < -0.3 is 5.32 Å². The lowest BCUT2D eigenvalue weighted by Gasteiger charge is -2.20. The van der Waals surface area contributed by atoms with Gasteiger partial charge in [0.25, 0.3) is 15.9 Å². The number of nitrogens with zero attached hydrogens (tertiary/aromatic N) is 1. The number of hydrogen-bond acceptors (Lipinski definition) is 4. The van der Waals surface area contributed by atoms with Gasteiger partial charge in [0.2, 0.25) is 0 Å². The van der Waals surface area contributed by atoms with Crippen LogP contribution in [-0.2, 0) is 10.0 Å². The Balaban J connectivity index is 1.90. The molecule has 0 aliphatic rings. The number of carbonyl (C=O) groups excluding carboxylic acids is 1. The summed E-state index contributed by atoms with van der Waals surface area (Å²) in [5.41, 5.74) is 3.15. The van der Waals surface area contributed by atoms with Crippen LogP contribution in [0.25, 0.3) is 0 Å². The van der Waals surface area contributed by atoms with E-state index < -0.39 is 15.9 Å². The van der Waals surface area contributed by atoms with Crippen molar-refractivity contribution in [2.24, 2.45) is 0 Å². The standard InChI is InChI=1S/C20H19BrN2O3S2/c1-13-4-7-16(8-5-13)23(3)28(25,26)18-10-11-27-19(18)20(24)22-15-6-9-17(21)14(2)12-15/h4-12H,1-3H3,(H,22,24). The van der Waals surface area contributed by atoms with E-state index in [4.69, 9.17) is 0 Å². The lowest BCUT2D eigenvalue weighted by Crippen LogP contribution is -2.28. The first-order chi connectivity index (χ1) is 13.2.